The van der Waals surface area contributed by atoms with E-state index in [1.807, 2.05) is 4.57 Å². The molecule has 0 saturated carbocycles. The monoisotopic (exact) mass is 245 g/mol. The second kappa shape index (κ2) is 5.53. The van der Waals surface area contributed by atoms with Crippen molar-refractivity contribution in [3.8, 4) is 0 Å². The number of nitrogens with one attached hydrogen (secondary N) is 1. The maximum atomic E-state index is 5.58. The zero-order valence-electron chi connectivity index (χ0n) is 9.14. The molecule has 1 unspecified atom stereocenters. The molecule has 7 heteroatoms. The minimum absolute atomic E-state index is 0.140. The first-order valence-electron chi connectivity index (χ1n) is 5.16. The maximum absolute atomic E-state index is 5.58. The zero-order valence-corrected chi connectivity index (χ0v) is 9.96. The Balaban J connectivity index is 2.15. The molecule has 0 aromatic carbocycles. The number of hydrogen-bond acceptors (Lipinski definition) is 5. The lowest BCUT2D eigenvalue weighted by atomic mass is 10.3. The fourth-order valence-electron chi connectivity index (χ4n) is 1.61. The number of ether oxygens (including phenoxy) is 3. The van der Waals surface area contributed by atoms with Crippen LogP contribution in [-0.4, -0.2) is 48.3 Å². The van der Waals surface area contributed by atoms with Crippen molar-refractivity contribution in [3.63, 3.8) is 0 Å². The minimum Gasteiger partial charge on any atom is -0.383 e. The second-order valence-corrected chi connectivity index (χ2v) is 3.85. The molecule has 1 aliphatic rings. The smallest absolute Gasteiger partial charge is 0.195 e. The van der Waals surface area contributed by atoms with E-state index >= 15 is 0 Å². The van der Waals surface area contributed by atoms with Gasteiger partial charge in [0.25, 0.3) is 0 Å². The first-order chi connectivity index (χ1) is 7.83. The van der Waals surface area contributed by atoms with E-state index < -0.39 is 0 Å². The van der Waals surface area contributed by atoms with Crippen LogP contribution in [0.5, 0.6) is 0 Å². The molecule has 1 N–H and O–H groups in total. The lowest BCUT2D eigenvalue weighted by molar-refractivity contribution is -0.0950. The third-order valence-electron chi connectivity index (χ3n) is 2.41. The standard InChI is InChI=1S/C9H15N3O3S/c1-13-3-2-12-8(10-11-9(12)16)7-6-14-4-5-15-7/h7H,2-6H2,1H3,(H,11,16). The van der Waals surface area contributed by atoms with E-state index in [0.29, 0.717) is 37.7 Å². The molecule has 0 radical (unpaired) electrons. The number of H-pyrrole nitrogens is 1. The van der Waals surface area contributed by atoms with Crippen LogP contribution in [0.1, 0.15) is 11.9 Å². The number of rotatable bonds is 4. The average Bonchev–Trinajstić information content (AvgIpc) is 2.69. The summed E-state index contributed by atoms with van der Waals surface area (Å²) < 4.78 is 18.4. The van der Waals surface area contributed by atoms with Gasteiger partial charge < -0.3 is 14.2 Å². The predicted molar refractivity (Wildman–Crippen MR) is 58.8 cm³/mol. The van der Waals surface area contributed by atoms with Crippen molar-refractivity contribution in [2.45, 2.75) is 12.6 Å². The van der Waals surface area contributed by atoms with Gasteiger partial charge in [-0.3, -0.25) is 9.67 Å². The van der Waals surface area contributed by atoms with Gasteiger partial charge in [0.15, 0.2) is 10.6 Å². The Morgan fingerprint density at radius 2 is 2.50 bits per heavy atom. The fraction of sp³-hybridized carbons (Fsp3) is 0.778. The van der Waals surface area contributed by atoms with Crippen LogP contribution in [0.3, 0.4) is 0 Å². The molecule has 1 atom stereocenters. The van der Waals surface area contributed by atoms with Gasteiger partial charge in [-0.05, 0) is 12.2 Å². The SMILES string of the molecule is COCCn1c(C2COCCO2)n[nH]c1=S. The maximum Gasteiger partial charge on any atom is 0.195 e. The Bertz CT molecular complexity index is 384. The van der Waals surface area contributed by atoms with Gasteiger partial charge in [0.05, 0.1) is 33.0 Å². The fourth-order valence-corrected chi connectivity index (χ4v) is 1.84. The van der Waals surface area contributed by atoms with Gasteiger partial charge in [0.1, 0.15) is 6.10 Å². The topological polar surface area (TPSA) is 61.3 Å². The van der Waals surface area contributed by atoms with Gasteiger partial charge in [0.2, 0.25) is 0 Å². The molecule has 1 aliphatic heterocycles. The van der Waals surface area contributed by atoms with Gasteiger partial charge in [0, 0.05) is 7.11 Å². The van der Waals surface area contributed by atoms with E-state index in [1.54, 1.807) is 7.11 Å². The molecule has 0 bridgehead atoms. The summed E-state index contributed by atoms with van der Waals surface area (Å²) in [5, 5.41) is 6.95. The van der Waals surface area contributed by atoms with Crippen LogP contribution in [0, 0.1) is 4.77 Å². The molecule has 0 aliphatic carbocycles. The van der Waals surface area contributed by atoms with Crippen molar-refractivity contribution in [3.05, 3.63) is 10.6 Å². The van der Waals surface area contributed by atoms with Gasteiger partial charge in [-0.1, -0.05) is 0 Å². The van der Waals surface area contributed by atoms with Gasteiger partial charge in [-0.2, -0.15) is 5.10 Å². The summed E-state index contributed by atoms with van der Waals surface area (Å²) in [7, 11) is 1.66. The van der Waals surface area contributed by atoms with Crippen molar-refractivity contribution >= 4 is 12.2 Å². The molecule has 6 nitrogen and oxygen atoms in total. The molecule has 2 heterocycles. The minimum atomic E-state index is -0.140. The van der Waals surface area contributed by atoms with E-state index in [1.165, 1.54) is 0 Å². The summed E-state index contributed by atoms with van der Waals surface area (Å²) in [5.41, 5.74) is 0. The van der Waals surface area contributed by atoms with E-state index in [2.05, 4.69) is 10.2 Å². The highest BCUT2D eigenvalue weighted by Gasteiger charge is 2.22. The largest absolute Gasteiger partial charge is 0.383 e. The molecular weight excluding hydrogens is 230 g/mol. The van der Waals surface area contributed by atoms with Crippen LogP contribution < -0.4 is 0 Å². The van der Waals surface area contributed by atoms with Gasteiger partial charge in [-0.25, -0.2) is 0 Å². The Kier molecular flexibility index (Phi) is 4.05. The highest BCUT2D eigenvalue weighted by Crippen LogP contribution is 2.18. The van der Waals surface area contributed by atoms with Crippen LogP contribution in [0.4, 0.5) is 0 Å². The zero-order chi connectivity index (χ0) is 11.4. The summed E-state index contributed by atoms with van der Waals surface area (Å²) in [6.45, 7) is 3.01. The van der Waals surface area contributed by atoms with E-state index in [4.69, 9.17) is 26.4 Å². The number of nitrogens with zero attached hydrogens (tertiary/aromatic N) is 2. The van der Waals surface area contributed by atoms with E-state index in [9.17, 15) is 0 Å². The Labute approximate surface area is 98.5 Å². The Hall–Kier alpha value is -0.760. The molecular formula is C9H15N3O3S. The predicted octanol–water partition coefficient (Wildman–Crippen LogP) is 0.675. The molecule has 1 aromatic heterocycles. The Morgan fingerprint density at radius 3 is 3.19 bits per heavy atom. The van der Waals surface area contributed by atoms with Crippen LogP contribution in [-0.2, 0) is 20.8 Å². The number of hydrogen-bond donors (Lipinski definition) is 1. The molecule has 90 valence electrons. The highest BCUT2D eigenvalue weighted by atomic mass is 32.1. The van der Waals surface area contributed by atoms with Crippen LogP contribution >= 0.6 is 12.2 Å². The van der Waals surface area contributed by atoms with E-state index in [-0.39, 0.29) is 6.10 Å². The number of methoxy groups -OCH3 is 1. The summed E-state index contributed by atoms with van der Waals surface area (Å²) >= 11 is 5.15. The average molecular weight is 245 g/mol. The first-order valence-corrected chi connectivity index (χ1v) is 5.57. The van der Waals surface area contributed by atoms with Crippen molar-refractivity contribution in [1.82, 2.24) is 14.8 Å². The highest BCUT2D eigenvalue weighted by molar-refractivity contribution is 7.71. The van der Waals surface area contributed by atoms with Gasteiger partial charge >= 0.3 is 0 Å². The number of aromatic amines is 1. The molecule has 0 amide bonds. The normalized spacial score (nSPS) is 21.2. The third kappa shape index (κ3) is 2.49. The summed E-state index contributed by atoms with van der Waals surface area (Å²) in [4.78, 5) is 0. The molecule has 2 rings (SSSR count). The van der Waals surface area contributed by atoms with Crippen LogP contribution in [0.15, 0.2) is 0 Å². The quantitative estimate of drug-likeness (QED) is 0.790. The lowest BCUT2D eigenvalue weighted by Crippen LogP contribution is -2.25. The van der Waals surface area contributed by atoms with Crippen molar-refractivity contribution in [1.29, 1.82) is 0 Å². The van der Waals surface area contributed by atoms with Crippen molar-refractivity contribution in [2.75, 3.05) is 33.5 Å². The Morgan fingerprint density at radius 1 is 1.62 bits per heavy atom. The molecule has 1 aromatic rings. The third-order valence-corrected chi connectivity index (χ3v) is 2.72. The van der Waals surface area contributed by atoms with Crippen molar-refractivity contribution in [2.24, 2.45) is 0 Å². The second-order valence-electron chi connectivity index (χ2n) is 3.47. The molecule has 16 heavy (non-hydrogen) atoms. The van der Waals surface area contributed by atoms with E-state index in [0.717, 1.165) is 5.82 Å². The summed E-state index contributed by atoms with van der Waals surface area (Å²) in [6.07, 6.45) is -0.140. The molecule has 1 saturated heterocycles. The van der Waals surface area contributed by atoms with Gasteiger partial charge in [-0.15, -0.1) is 0 Å². The summed E-state index contributed by atoms with van der Waals surface area (Å²) in [6, 6.07) is 0. The van der Waals surface area contributed by atoms with Crippen molar-refractivity contribution < 1.29 is 14.2 Å². The summed E-state index contributed by atoms with van der Waals surface area (Å²) in [5.74, 6) is 0.779. The van der Waals surface area contributed by atoms with Crippen LogP contribution in [0.25, 0.3) is 0 Å². The lowest BCUT2D eigenvalue weighted by Gasteiger charge is -2.22. The molecule has 1 fully saturated rings. The molecule has 0 spiro atoms. The van der Waals surface area contributed by atoms with Crippen LogP contribution in [0.2, 0.25) is 0 Å². The first kappa shape index (κ1) is 11.7. The number of aromatic nitrogens is 3.